The molecule has 0 amide bonds. The van der Waals surface area contributed by atoms with Gasteiger partial charge in [0, 0.05) is 13.5 Å². The second-order valence-electron chi connectivity index (χ2n) is 5.93. The zero-order valence-electron chi connectivity index (χ0n) is 14.4. The molecule has 0 fully saturated rings. The third-order valence-corrected chi connectivity index (χ3v) is 5.43. The average Bonchev–Trinajstić information content (AvgIpc) is 2.53. The van der Waals surface area contributed by atoms with Gasteiger partial charge in [0.25, 0.3) is 4.93 Å². The Morgan fingerprint density at radius 2 is 1.75 bits per heavy atom. The molecule has 0 bridgehead atoms. The van der Waals surface area contributed by atoms with Gasteiger partial charge in [-0.3, -0.25) is 9.35 Å². The van der Waals surface area contributed by atoms with Crippen LogP contribution in [-0.2, 0) is 24.4 Å². The molecule has 0 aromatic heterocycles. The molecule has 0 saturated carbocycles. The Morgan fingerprint density at radius 3 is 2.33 bits per heavy atom. The normalized spacial score (nSPS) is 23.4. The molecule has 0 radical (unpaired) electrons. The van der Waals surface area contributed by atoms with Crippen molar-refractivity contribution in [3.8, 4) is 0 Å². The number of methoxy groups -OCH3 is 1. The van der Waals surface area contributed by atoms with E-state index in [0.29, 0.717) is 6.42 Å². The number of carbonyl (C=O) groups is 1. The van der Waals surface area contributed by atoms with Gasteiger partial charge in [-0.1, -0.05) is 57.6 Å². The minimum absolute atomic E-state index is 0.215. The lowest BCUT2D eigenvalue weighted by Gasteiger charge is -2.33. The Labute approximate surface area is 144 Å². The summed E-state index contributed by atoms with van der Waals surface area (Å²) in [6.07, 6.45) is 12.1. The number of allylic oxidation sites excluding steroid dienone is 2. The highest BCUT2D eigenvalue weighted by Crippen LogP contribution is 2.30. The molecular weight excluding hydrogens is 332 g/mol. The molecule has 1 N–H and O–H groups in total. The summed E-state index contributed by atoms with van der Waals surface area (Å²) in [5, 5.41) is 0. The minimum atomic E-state index is -4.61. The highest BCUT2D eigenvalue weighted by atomic mass is 32.2. The summed E-state index contributed by atoms with van der Waals surface area (Å²) in [4.78, 5) is 9.88. The maximum absolute atomic E-state index is 12.0. The quantitative estimate of drug-likeness (QED) is 0.345. The summed E-state index contributed by atoms with van der Waals surface area (Å²) < 4.78 is 43.0. The van der Waals surface area contributed by atoms with Crippen LogP contribution in [0.1, 0.15) is 58.3 Å². The van der Waals surface area contributed by atoms with E-state index >= 15 is 0 Å². The second-order valence-corrected chi connectivity index (χ2v) is 7.51. The maximum Gasteiger partial charge on any atom is 0.306 e. The fourth-order valence-corrected chi connectivity index (χ4v) is 3.54. The standard InChI is InChI=1S/C17H28O6S/c1-3-4-5-6-7-8-9-13-16(18)23-15-12-10-11-14-17(15,22-2)24(19,20)21/h10-12,14-15H,3-9,13H2,1-2H3,(H,19,20,21). The molecule has 0 aliphatic heterocycles. The maximum atomic E-state index is 12.0. The molecule has 7 heteroatoms. The molecule has 0 aromatic rings. The number of esters is 1. The molecule has 1 aliphatic rings. The third-order valence-electron chi connectivity index (χ3n) is 4.09. The zero-order valence-corrected chi connectivity index (χ0v) is 15.3. The van der Waals surface area contributed by atoms with Gasteiger partial charge in [0.15, 0.2) is 6.10 Å². The van der Waals surface area contributed by atoms with Crippen LogP contribution in [0.3, 0.4) is 0 Å². The third kappa shape index (κ3) is 5.72. The van der Waals surface area contributed by atoms with Crippen molar-refractivity contribution in [1.29, 1.82) is 0 Å². The molecule has 1 rings (SSSR count). The predicted octanol–water partition coefficient (Wildman–Crippen LogP) is 3.40. The van der Waals surface area contributed by atoms with Crippen molar-refractivity contribution in [2.45, 2.75) is 69.3 Å². The van der Waals surface area contributed by atoms with Gasteiger partial charge in [-0.2, -0.15) is 8.42 Å². The summed E-state index contributed by atoms with van der Waals surface area (Å²) in [6.45, 7) is 2.16. The first-order chi connectivity index (χ1) is 11.4. The Balaban J connectivity index is 2.47. The predicted molar refractivity (Wildman–Crippen MR) is 92.1 cm³/mol. The molecule has 2 atom stereocenters. The van der Waals surface area contributed by atoms with Crippen LogP contribution in [0.15, 0.2) is 24.3 Å². The molecule has 6 nitrogen and oxygen atoms in total. The lowest BCUT2D eigenvalue weighted by Crippen LogP contribution is -2.51. The highest BCUT2D eigenvalue weighted by molar-refractivity contribution is 7.87. The summed E-state index contributed by atoms with van der Waals surface area (Å²) in [7, 11) is -3.46. The molecule has 1 aliphatic carbocycles. The molecule has 138 valence electrons. The number of carbonyl (C=O) groups excluding carboxylic acids is 1. The van der Waals surface area contributed by atoms with Crippen molar-refractivity contribution in [1.82, 2.24) is 0 Å². The highest BCUT2D eigenvalue weighted by Gasteiger charge is 2.50. The molecule has 2 unspecified atom stereocenters. The lowest BCUT2D eigenvalue weighted by atomic mass is 10.1. The van der Waals surface area contributed by atoms with E-state index in [1.54, 1.807) is 6.08 Å². The Kier molecular flexibility index (Phi) is 8.66. The van der Waals surface area contributed by atoms with E-state index in [0.717, 1.165) is 26.4 Å². The smallest absolute Gasteiger partial charge is 0.306 e. The van der Waals surface area contributed by atoms with Crippen molar-refractivity contribution in [2.75, 3.05) is 7.11 Å². The van der Waals surface area contributed by atoms with Gasteiger partial charge in [-0.05, 0) is 18.6 Å². The molecule has 24 heavy (non-hydrogen) atoms. The van der Waals surface area contributed by atoms with Crippen LogP contribution in [-0.4, -0.2) is 37.1 Å². The molecule has 0 aromatic carbocycles. The summed E-state index contributed by atoms with van der Waals surface area (Å²) >= 11 is 0. The van der Waals surface area contributed by atoms with Gasteiger partial charge in [-0.25, -0.2) is 0 Å². The number of rotatable bonds is 11. The van der Waals surface area contributed by atoms with Crippen LogP contribution >= 0.6 is 0 Å². The molecule has 0 saturated heterocycles. The van der Waals surface area contributed by atoms with Crippen molar-refractivity contribution >= 4 is 16.1 Å². The molecule has 0 spiro atoms. The van der Waals surface area contributed by atoms with Crippen LogP contribution < -0.4 is 0 Å². The second kappa shape index (κ2) is 9.96. The average molecular weight is 360 g/mol. The summed E-state index contributed by atoms with van der Waals surface area (Å²) in [5.41, 5.74) is 0. The minimum Gasteiger partial charge on any atom is -0.453 e. The number of hydrogen-bond donors (Lipinski definition) is 1. The monoisotopic (exact) mass is 360 g/mol. The van der Waals surface area contributed by atoms with E-state index in [9.17, 15) is 17.8 Å². The van der Waals surface area contributed by atoms with Crippen molar-refractivity contribution in [3.63, 3.8) is 0 Å². The fourth-order valence-electron chi connectivity index (χ4n) is 2.65. The first-order valence-electron chi connectivity index (χ1n) is 8.45. The number of hydrogen-bond acceptors (Lipinski definition) is 5. The van der Waals surface area contributed by atoms with Gasteiger partial charge in [0.05, 0.1) is 0 Å². The Hall–Kier alpha value is -1.18. The van der Waals surface area contributed by atoms with E-state index in [1.165, 1.54) is 37.5 Å². The molecular formula is C17H28O6S. The van der Waals surface area contributed by atoms with Crippen molar-refractivity contribution in [3.05, 3.63) is 24.3 Å². The Morgan fingerprint density at radius 1 is 1.12 bits per heavy atom. The SMILES string of the molecule is CCCCCCCCCC(=O)OC1C=CC=CC1(OC)S(=O)(=O)O. The van der Waals surface area contributed by atoms with E-state index in [1.807, 2.05) is 0 Å². The van der Waals surface area contributed by atoms with Gasteiger partial charge < -0.3 is 9.47 Å². The van der Waals surface area contributed by atoms with E-state index in [4.69, 9.17) is 9.47 Å². The number of ether oxygens (including phenoxy) is 2. The largest absolute Gasteiger partial charge is 0.453 e. The van der Waals surface area contributed by atoms with Gasteiger partial charge in [-0.15, -0.1) is 0 Å². The van der Waals surface area contributed by atoms with Crippen LogP contribution in [0.5, 0.6) is 0 Å². The van der Waals surface area contributed by atoms with Crippen LogP contribution in [0, 0.1) is 0 Å². The van der Waals surface area contributed by atoms with Gasteiger partial charge >= 0.3 is 16.1 Å². The van der Waals surface area contributed by atoms with E-state index in [2.05, 4.69) is 6.92 Å². The van der Waals surface area contributed by atoms with Gasteiger partial charge in [0.2, 0.25) is 0 Å². The zero-order chi connectivity index (χ0) is 18.1. The van der Waals surface area contributed by atoms with Gasteiger partial charge in [0.1, 0.15) is 0 Å². The van der Waals surface area contributed by atoms with Crippen LogP contribution in [0.25, 0.3) is 0 Å². The first kappa shape index (κ1) is 20.9. The number of unbranched alkanes of at least 4 members (excludes halogenated alkanes) is 6. The van der Waals surface area contributed by atoms with E-state index < -0.39 is 27.1 Å². The molecule has 0 heterocycles. The fraction of sp³-hybridized carbons (Fsp3) is 0.706. The Bertz CT molecular complexity index is 551. The lowest BCUT2D eigenvalue weighted by molar-refractivity contribution is -0.153. The van der Waals surface area contributed by atoms with Crippen molar-refractivity contribution < 1.29 is 27.2 Å². The first-order valence-corrected chi connectivity index (χ1v) is 9.89. The summed E-state index contributed by atoms with van der Waals surface area (Å²) in [5.74, 6) is -0.501. The van der Waals surface area contributed by atoms with Crippen LogP contribution in [0.2, 0.25) is 0 Å². The topological polar surface area (TPSA) is 89.9 Å². The van der Waals surface area contributed by atoms with Crippen LogP contribution in [0.4, 0.5) is 0 Å². The summed E-state index contributed by atoms with van der Waals surface area (Å²) in [6, 6.07) is 0. The van der Waals surface area contributed by atoms with E-state index in [-0.39, 0.29) is 6.42 Å². The van der Waals surface area contributed by atoms with Crippen molar-refractivity contribution in [2.24, 2.45) is 0 Å².